The maximum atomic E-state index is 13.1. The van der Waals surface area contributed by atoms with Gasteiger partial charge in [-0.1, -0.05) is 39.7 Å². The highest BCUT2D eigenvalue weighted by atomic mass is 79.9. The van der Waals surface area contributed by atoms with Gasteiger partial charge in [-0.3, -0.25) is 13.9 Å². The van der Waals surface area contributed by atoms with Crippen LogP contribution in [0, 0.1) is 6.92 Å². The Kier molecular flexibility index (Phi) is 6.39. The van der Waals surface area contributed by atoms with E-state index in [1.807, 2.05) is 19.1 Å². The summed E-state index contributed by atoms with van der Waals surface area (Å²) in [4.78, 5) is 25.4. The summed E-state index contributed by atoms with van der Waals surface area (Å²) in [5, 5.41) is 5.50. The second-order valence-corrected chi connectivity index (χ2v) is 10.9. The second-order valence-electron chi connectivity index (χ2n) is 8.11. The minimum atomic E-state index is -3.98. The van der Waals surface area contributed by atoms with E-state index >= 15 is 0 Å². The highest BCUT2D eigenvalue weighted by Gasteiger charge is 2.37. The van der Waals surface area contributed by atoms with Gasteiger partial charge in [0, 0.05) is 22.9 Å². The Hall–Kier alpha value is -2.65. The Balaban J connectivity index is 1.47. The fourth-order valence-corrected chi connectivity index (χ4v) is 5.94. The summed E-state index contributed by atoms with van der Waals surface area (Å²) < 4.78 is 28.3. The van der Waals surface area contributed by atoms with E-state index in [9.17, 15) is 18.0 Å². The van der Waals surface area contributed by atoms with Gasteiger partial charge in [0.25, 0.3) is 10.0 Å². The first-order chi connectivity index (χ1) is 15.2. The Labute approximate surface area is 196 Å². The number of nitrogens with zero attached hydrogens (tertiary/aromatic N) is 1. The average Bonchev–Trinajstić information content (AvgIpc) is 2.75. The van der Waals surface area contributed by atoms with Crippen molar-refractivity contribution in [3.05, 3.63) is 76.0 Å². The van der Waals surface area contributed by atoms with Crippen molar-refractivity contribution in [3.8, 4) is 0 Å². The summed E-state index contributed by atoms with van der Waals surface area (Å²) >= 11 is 3.48. The largest absolute Gasteiger partial charge is 0.353 e. The van der Waals surface area contributed by atoms with E-state index in [1.165, 1.54) is 35.7 Å². The minimum Gasteiger partial charge on any atom is -0.353 e. The van der Waals surface area contributed by atoms with Gasteiger partial charge in [0.05, 0.1) is 11.3 Å². The predicted octanol–water partition coefficient (Wildman–Crippen LogP) is 2.78. The number of sulfonamides is 1. The summed E-state index contributed by atoms with van der Waals surface area (Å²) in [7, 11) is -3.98. The molecule has 32 heavy (non-hydrogen) atoms. The van der Waals surface area contributed by atoms with Gasteiger partial charge >= 0.3 is 0 Å². The number of benzene rings is 2. The van der Waals surface area contributed by atoms with Crippen LogP contribution in [0.1, 0.15) is 29.5 Å². The summed E-state index contributed by atoms with van der Waals surface area (Å²) in [5.74, 6) is -0.882. The molecule has 2 N–H and O–H groups in total. The van der Waals surface area contributed by atoms with E-state index in [2.05, 4.69) is 32.6 Å². The molecule has 2 atom stereocenters. The molecule has 2 aliphatic rings. The summed E-state index contributed by atoms with van der Waals surface area (Å²) in [5.41, 5.74) is 3.37. The Morgan fingerprint density at radius 1 is 1.19 bits per heavy atom. The molecule has 1 aliphatic heterocycles. The number of hydrogen-bond acceptors (Lipinski definition) is 4. The van der Waals surface area contributed by atoms with Gasteiger partial charge < -0.3 is 10.6 Å². The topological polar surface area (TPSA) is 95.6 Å². The molecular weight excluding hydrogens is 494 g/mol. The zero-order chi connectivity index (χ0) is 22.9. The highest BCUT2D eigenvalue weighted by Crippen LogP contribution is 2.26. The SMILES string of the molecule is Cc1ccc(S(=O)(=O)N2C=CNC(=O)[C@H]2CC(=O)N[C@H]2CCc3cc(Br)ccc3C2)cc1. The fraction of sp³-hybridized carbons (Fsp3) is 0.304. The number of carbonyl (C=O) groups excluding carboxylic acids is 2. The van der Waals surface area contributed by atoms with E-state index < -0.39 is 22.0 Å². The van der Waals surface area contributed by atoms with Gasteiger partial charge in [-0.15, -0.1) is 0 Å². The molecule has 0 spiro atoms. The van der Waals surface area contributed by atoms with Gasteiger partial charge in [0.15, 0.2) is 0 Å². The third-order valence-electron chi connectivity index (χ3n) is 5.79. The normalized spacial score (nSPS) is 20.4. The molecule has 1 heterocycles. The lowest BCUT2D eigenvalue weighted by molar-refractivity contribution is -0.129. The van der Waals surface area contributed by atoms with Crippen molar-refractivity contribution in [2.45, 2.75) is 49.6 Å². The van der Waals surface area contributed by atoms with Crippen LogP contribution >= 0.6 is 15.9 Å². The molecule has 1 aliphatic carbocycles. The van der Waals surface area contributed by atoms with Crippen LogP contribution in [0.2, 0.25) is 0 Å². The quantitative estimate of drug-likeness (QED) is 0.637. The van der Waals surface area contributed by atoms with Crippen LogP contribution in [0.3, 0.4) is 0 Å². The highest BCUT2D eigenvalue weighted by molar-refractivity contribution is 9.10. The Bertz CT molecular complexity index is 1180. The molecule has 7 nitrogen and oxygen atoms in total. The monoisotopic (exact) mass is 517 g/mol. The van der Waals surface area contributed by atoms with E-state index in [4.69, 9.17) is 0 Å². The lowest BCUT2D eigenvalue weighted by Crippen LogP contribution is -2.52. The number of carbonyl (C=O) groups is 2. The number of amides is 2. The van der Waals surface area contributed by atoms with E-state index in [-0.39, 0.29) is 23.3 Å². The summed E-state index contributed by atoms with van der Waals surface area (Å²) in [6, 6.07) is 11.3. The van der Waals surface area contributed by atoms with Gasteiger partial charge in [-0.05, 0) is 61.6 Å². The Morgan fingerprint density at radius 2 is 1.94 bits per heavy atom. The van der Waals surface area contributed by atoms with Crippen molar-refractivity contribution in [1.82, 2.24) is 14.9 Å². The molecule has 2 amide bonds. The van der Waals surface area contributed by atoms with E-state index in [0.29, 0.717) is 6.42 Å². The minimum absolute atomic E-state index is 0.0551. The van der Waals surface area contributed by atoms with E-state index in [0.717, 1.165) is 27.2 Å². The number of fused-ring (bicyclic) bond motifs is 1. The standard InChI is InChI=1S/C23H24BrN3O4S/c1-15-2-8-20(9-3-15)32(30,31)27-11-10-25-23(29)21(27)14-22(28)26-19-7-5-16-12-18(24)6-4-17(16)13-19/h2-4,6,8-12,19,21H,5,7,13-14H2,1H3,(H,25,29)(H,26,28)/t19-,21+/m0/s1. The van der Waals surface area contributed by atoms with Gasteiger partial charge in [0.2, 0.25) is 11.8 Å². The molecule has 0 aromatic heterocycles. The maximum Gasteiger partial charge on any atom is 0.264 e. The number of rotatable bonds is 5. The molecule has 0 fully saturated rings. The molecule has 0 saturated carbocycles. The van der Waals surface area contributed by atoms with Gasteiger partial charge in [0.1, 0.15) is 6.04 Å². The van der Waals surface area contributed by atoms with Crippen molar-refractivity contribution in [1.29, 1.82) is 0 Å². The zero-order valence-corrected chi connectivity index (χ0v) is 19.9. The van der Waals surface area contributed by atoms with Crippen LogP contribution in [0.5, 0.6) is 0 Å². The third kappa shape index (κ3) is 4.73. The first kappa shape index (κ1) is 22.5. The second kappa shape index (κ2) is 9.07. The van der Waals surface area contributed by atoms with E-state index in [1.54, 1.807) is 12.1 Å². The van der Waals surface area contributed by atoms with Crippen molar-refractivity contribution in [2.75, 3.05) is 0 Å². The molecule has 0 radical (unpaired) electrons. The lowest BCUT2D eigenvalue weighted by atomic mass is 9.88. The molecule has 2 aromatic carbocycles. The molecule has 0 bridgehead atoms. The molecule has 9 heteroatoms. The third-order valence-corrected chi connectivity index (χ3v) is 8.09. The van der Waals surface area contributed by atoms with Crippen LogP contribution < -0.4 is 10.6 Å². The summed E-state index contributed by atoms with van der Waals surface area (Å²) in [6.45, 7) is 1.86. The lowest BCUT2D eigenvalue weighted by Gasteiger charge is -2.32. The Morgan fingerprint density at radius 3 is 2.69 bits per heavy atom. The predicted molar refractivity (Wildman–Crippen MR) is 124 cm³/mol. The van der Waals surface area contributed by atoms with Crippen LogP contribution in [0.25, 0.3) is 0 Å². The molecule has 4 rings (SSSR count). The van der Waals surface area contributed by atoms with Crippen LogP contribution in [-0.4, -0.2) is 36.6 Å². The average molecular weight is 518 g/mol. The van der Waals surface area contributed by atoms with Crippen molar-refractivity contribution < 1.29 is 18.0 Å². The van der Waals surface area contributed by atoms with Gasteiger partial charge in [-0.2, -0.15) is 0 Å². The molecule has 168 valence electrons. The van der Waals surface area contributed by atoms with Crippen molar-refractivity contribution in [3.63, 3.8) is 0 Å². The fourth-order valence-electron chi connectivity index (χ4n) is 4.08. The number of aryl methyl sites for hydroxylation is 2. The molecule has 2 aromatic rings. The number of halogens is 1. The van der Waals surface area contributed by atoms with Crippen LogP contribution in [-0.2, 0) is 32.5 Å². The van der Waals surface area contributed by atoms with Crippen LogP contribution in [0.15, 0.2) is 64.2 Å². The smallest absolute Gasteiger partial charge is 0.264 e. The van der Waals surface area contributed by atoms with Crippen molar-refractivity contribution in [2.24, 2.45) is 0 Å². The van der Waals surface area contributed by atoms with Crippen LogP contribution in [0.4, 0.5) is 0 Å². The number of hydrogen-bond donors (Lipinski definition) is 2. The zero-order valence-electron chi connectivity index (χ0n) is 17.5. The first-order valence-electron chi connectivity index (χ1n) is 10.4. The first-order valence-corrected chi connectivity index (χ1v) is 12.6. The molecule has 0 saturated heterocycles. The van der Waals surface area contributed by atoms with Crippen molar-refractivity contribution >= 4 is 37.8 Å². The molecule has 0 unspecified atom stereocenters. The van der Waals surface area contributed by atoms with Gasteiger partial charge in [-0.25, -0.2) is 8.42 Å². The molecular formula is C23H24BrN3O4S. The maximum absolute atomic E-state index is 13.1. The summed E-state index contributed by atoms with van der Waals surface area (Å²) in [6.07, 6.45) is 4.65. The number of nitrogens with one attached hydrogen (secondary N) is 2.